The molecule has 90 valence electrons. The van der Waals surface area contributed by atoms with Crippen molar-refractivity contribution >= 4 is 10.0 Å². The van der Waals surface area contributed by atoms with E-state index in [1.54, 1.807) is 0 Å². The van der Waals surface area contributed by atoms with Crippen LogP contribution in [0.2, 0.25) is 0 Å². The van der Waals surface area contributed by atoms with Gasteiger partial charge in [-0.15, -0.1) is 6.42 Å². The molecule has 1 atom stereocenters. The molecule has 0 unspecified atom stereocenters. The Morgan fingerprint density at radius 3 is 2.59 bits per heavy atom. The topological polar surface area (TPSA) is 77.8 Å². The standard InChI is InChI=1S/C11H11NO4S/c1-2-3-4-5-9-17(15,16)12-8-6-7-10(12)11(13)14/h1,10-11,13-14H,6-8H2/t10-/m0/s1. The third-order valence-electron chi connectivity index (χ3n) is 2.28. The highest BCUT2D eigenvalue weighted by molar-refractivity contribution is 7.93. The van der Waals surface area contributed by atoms with Gasteiger partial charge >= 0.3 is 0 Å². The molecule has 0 aromatic carbocycles. The van der Waals surface area contributed by atoms with Gasteiger partial charge in [-0.1, -0.05) is 0 Å². The summed E-state index contributed by atoms with van der Waals surface area (Å²) in [6.07, 6.45) is 4.11. The summed E-state index contributed by atoms with van der Waals surface area (Å²) in [5.74, 6) is 8.46. The van der Waals surface area contributed by atoms with Gasteiger partial charge in [0.1, 0.15) is 0 Å². The average molecular weight is 253 g/mol. The summed E-state index contributed by atoms with van der Waals surface area (Å²) in [7, 11) is -3.85. The Kier molecular flexibility index (Phi) is 4.57. The van der Waals surface area contributed by atoms with E-state index in [9.17, 15) is 8.42 Å². The Balaban J connectivity index is 2.90. The lowest BCUT2D eigenvalue weighted by Crippen LogP contribution is -2.41. The number of aliphatic hydroxyl groups excluding tert-OH is 1. The van der Waals surface area contributed by atoms with Crippen molar-refractivity contribution in [3.05, 3.63) is 0 Å². The van der Waals surface area contributed by atoms with Crippen molar-refractivity contribution < 1.29 is 18.6 Å². The van der Waals surface area contributed by atoms with E-state index in [1.165, 1.54) is 0 Å². The maximum Gasteiger partial charge on any atom is 0.284 e. The highest BCUT2D eigenvalue weighted by atomic mass is 32.2. The lowest BCUT2D eigenvalue weighted by molar-refractivity contribution is -0.0766. The van der Waals surface area contributed by atoms with E-state index in [0.29, 0.717) is 12.8 Å². The maximum atomic E-state index is 11.7. The Labute approximate surface area is 100 Å². The van der Waals surface area contributed by atoms with Crippen molar-refractivity contribution in [1.29, 1.82) is 0 Å². The van der Waals surface area contributed by atoms with E-state index < -0.39 is 22.4 Å². The third kappa shape index (κ3) is 3.49. The SMILES string of the molecule is C#CC#CC#CS(=O)(=O)N1CCC[C@H]1C(O)O. The van der Waals surface area contributed by atoms with Gasteiger partial charge in [0.15, 0.2) is 6.29 Å². The van der Waals surface area contributed by atoms with Crippen LogP contribution in [-0.4, -0.2) is 41.8 Å². The molecule has 0 radical (unpaired) electrons. The number of hydrogen-bond acceptors (Lipinski definition) is 4. The molecular weight excluding hydrogens is 242 g/mol. The number of rotatable bonds is 2. The molecule has 0 bridgehead atoms. The molecule has 6 heteroatoms. The van der Waals surface area contributed by atoms with Crippen LogP contribution < -0.4 is 0 Å². The van der Waals surface area contributed by atoms with Crippen LogP contribution >= 0.6 is 0 Å². The van der Waals surface area contributed by atoms with Gasteiger partial charge in [-0.05, 0) is 24.7 Å². The summed E-state index contributed by atoms with van der Waals surface area (Å²) in [5, 5.41) is 20.1. The quantitative estimate of drug-likeness (QED) is 0.473. The van der Waals surface area contributed by atoms with Crippen LogP contribution in [0, 0.1) is 35.4 Å². The van der Waals surface area contributed by atoms with Gasteiger partial charge in [0, 0.05) is 18.4 Å². The summed E-state index contributed by atoms with van der Waals surface area (Å²) in [6.45, 7) is 0.224. The first-order valence-corrected chi connectivity index (χ1v) is 6.28. The zero-order chi connectivity index (χ0) is 12.9. The average Bonchev–Trinajstić information content (AvgIpc) is 2.74. The van der Waals surface area contributed by atoms with Crippen molar-refractivity contribution in [3.8, 4) is 35.4 Å². The van der Waals surface area contributed by atoms with Crippen LogP contribution in [0.1, 0.15) is 12.8 Å². The largest absolute Gasteiger partial charge is 0.367 e. The predicted octanol–water partition coefficient (Wildman–Crippen LogP) is -1.31. The molecule has 0 aliphatic carbocycles. The van der Waals surface area contributed by atoms with Crippen molar-refractivity contribution in [3.63, 3.8) is 0 Å². The van der Waals surface area contributed by atoms with Crippen LogP contribution in [0.25, 0.3) is 0 Å². The van der Waals surface area contributed by atoms with Crippen LogP contribution in [0.4, 0.5) is 0 Å². The molecule has 1 heterocycles. The van der Waals surface area contributed by atoms with Crippen LogP contribution in [0.15, 0.2) is 0 Å². The monoisotopic (exact) mass is 253 g/mol. The molecule has 0 saturated carbocycles. The minimum Gasteiger partial charge on any atom is -0.367 e. The highest BCUT2D eigenvalue weighted by Gasteiger charge is 2.36. The van der Waals surface area contributed by atoms with Crippen molar-refractivity contribution in [1.82, 2.24) is 4.31 Å². The molecule has 0 spiro atoms. The zero-order valence-corrected chi connectivity index (χ0v) is 9.74. The second kappa shape index (κ2) is 5.72. The summed E-state index contributed by atoms with van der Waals surface area (Å²) in [5.41, 5.74) is 0. The fourth-order valence-electron chi connectivity index (χ4n) is 1.58. The lowest BCUT2D eigenvalue weighted by Gasteiger charge is -2.22. The molecule has 1 saturated heterocycles. The molecule has 5 nitrogen and oxygen atoms in total. The molecule has 1 fully saturated rings. The molecule has 0 amide bonds. The Morgan fingerprint density at radius 1 is 1.29 bits per heavy atom. The smallest absolute Gasteiger partial charge is 0.284 e. The number of nitrogens with zero attached hydrogens (tertiary/aromatic N) is 1. The fourth-order valence-corrected chi connectivity index (χ4v) is 2.82. The number of terminal acetylenes is 1. The summed E-state index contributed by atoms with van der Waals surface area (Å²) in [4.78, 5) is 0. The molecule has 1 rings (SSSR count). The Bertz CT molecular complexity index is 536. The van der Waals surface area contributed by atoms with Crippen molar-refractivity contribution in [2.45, 2.75) is 25.2 Å². The Hall–Kier alpha value is -1.49. The highest BCUT2D eigenvalue weighted by Crippen LogP contribution is 2.22. The van der Waals surface area contributed by atoms with Gasteiger partial charge < -0.3 is 10.2 Å². The van der Waals surface area contributed by atoms with Crippen molar-refractivity contribution in [2.75, 3.05) is 6.54 Å². The lowest BCUT2D eigenvalue weighted by atomic mass is 10.2. The maximum absolute atomic E-state index is 11.7. The summed E-state index contributed by atoms with van der Waals surface area (Å²) in [6, 6.07) is -0.838. The molecule has 2 N–H and O–H groups in total. The third-order valence-corrected chi connectivity index (χ3v) is 3.71. The number of sulfonamides is 1. The minimum absolute atomic E-state index is 0.224. The zero-order valence-electron chi connectivity index (χ0n) is 8.92. The summed E-state index contributed by atoms with van der Waals surface area (Å²) < 4.78 is 24.4. The van der Waals surface area contributed by atoms with E-state index in [0.717, 1.165) is 4.31 Å². The van der Waals surface area contributed by atoms with E-state index >= 15 is 0 Å². The second-order valence-electron chi connectivity index (χ2n) is 3.36. The predicted molar refractivity (Wildman–Crippen MR) is 61.3 cm³/mol. The number of aliphatic hydroxyl groups is 2. The van der Waals surface area contributed by atoms with Crippen molar-refractivity contribution in [2.24, 2.45) is 0 Å². The Morgan fingerprint density at radius 2 is 2.00 bits per heavy atom. The van der Waals surface area contributed by atoms with E-state index in [1.807, 2.05) is 11.2 Å². The normalized spacial score (nSPS) is 20.0. The van der Waals surface area contributed by atoms with Gasteiger partial charge in [0.25, 0.3) is 10.0 Å². The molecule has 17 heavy (non-hydrogen) atoms. The van der Waals surface area contributed by atoms with E-state index in [-0.39, 0.29) is 6.54 Å². The van der Waals surface area contributed by atoms with Gasteiger partial charge in [0.2, 0.25) is 0 Å². The molecule has 1 aliphatic rings. The van der Waals surface area contributed by atoms with Crippen LogP contribution in [0.3, 0.4) is 0 Å². The molecule has 1 aliphatic heterocycles. The van der Waals surface area contributed by atoms with Gasteiger partial charge in [0.05, 0.1) is 11.3 Å². The first-order valence-electron chi connectivity index (χ1n) is 4.84. The van der Waals surface area contributed by atoms with Gasteiger partial charge in [-0.25, -0.2) is 0 Å². The van der Waals surface area contributed by atoms with Crippen LogP contribution in [0.5, 0.6) is 0 Å². The minimum atomic E-state index is -3.85. The second-order valence-corrected chi connectivity index (χ2v) is 4.98. The summed E-state index contributed by atoms with van der Waals surface area (Å²) >= 11 is 0. The first kappa shape index (κ1) is 13.6. The fraction of sp³-hybridized carbons (Fsp3) is 0.455. The van der Waals surface area contributed by atoms with Gasteiger partial charge in [-0.3, -0.25) is 0 Å². The molecule has 0 aromatic heterocycles. The van der Waals surface area contributed by atoms with E-state index in [4.69, 9.17) is 16.6 Å². The van der Waals surface area contributed by atoms with Gasteiger partial charge in [-0.2, -0.15) is 12.7 Å². The molecular formula is C11H11NO4S. The van der Waals surface area contributed by atoms with Crippen LogP contribution in [-0.2, 0) is 10.0 Å². The first-order chi connectivity index (χ1) is 7.99. The number of hydrogen-bond donors (Lipinski definition) is 2. The van der Waals surface area contributed by atoms with E-state index in [2.05, 4.69) is 17.8 Å². The molecule has 0 aromatic rings.